The molecule has 1 saturated heterocycles. The van der Waals surface area contributed by atoms with E-state index in [9.17, 15) is 0 Å². The summed E-state index contributed by atoms with van der Waals surface area (Å²) < 4.78 is 0. The molecule has 0 saturated carbocycles. The van der Waals surface area contributed by atoms with E-state index in [-0.39, 0.29) is 0 Å². The van der Waals surface area contributed by atoms with Gasteiger partial charge in [-0.1, -0.05) is 25.7 Å². The molecule has 3 nitrogen and oxygen atoms in total. The fourth-order valence-electron chi connectivity index (χ4n) is 2.49. The van der Waals surface area contributed by atoms with Crippen LogP contribution >= 0.6 is 0 Å². The number of hydrogen-bond acceptors (Lipinski definition) is 3. The minimum Gasteiger partial charge on any atom is -0.330 e. The first kappa shape index (κ1) is 14.9. The zero-order valence-corrected chi connectivity index (χ0v) is 11.4. The van der Waals surface area contributed by atoms with Crippen molar-refractivity contribution < 1.29 is 0 Å². The van der Waals surface area contributed by atoms with E-state index in [0.29, 0.717) is 0 Å². The molecular weight excluding hydrogens is 210 g/mol. The van der Waals surface area contributed by atoms with Gasteiger partial charge in [-0.05, 0) is 65.0 Å². The molecule has 0 aromatic carbocycles. The lowest BCUT2D eigenvalue weighted by Crippen LogP contribution is -2.29. The molecule has 0 unspecified atom stereocenters. The van der Waals surface area contributed by atoms with Crippen LogP contribution in [0.5, 0.6) is 0 Å². The van der Waals surface area contributed by atoms with Crippen LogP contribution in [0.4, 0.5) is 0 Å². The van der Waals surface area contributed by atoms with Crippen LogP contribution in [0.15, 0.2) is 0 Å². The number of nitrogens with one attached hydrogen (secondary N) is 1. The normalized spacial score (nSPS) is 19.6. The molecule has 0 spiro atoms. The van der Waals surface area contributed by atoms with Crippen molar-refractivity contribution in [3.63, 3.8) is 0 Å². The van der Waals surface area contributed by atoms with Crippen LogP contribution in [0.1, 0.15) is 51.4 Å². The highest BCUT2D eigenvalue weighted by Gasteiger charge is 2.06. The Kier molecular flexibility index (Phi) is 9.66. The van der Waals surface area contributed by atoms with Gasteiger partial charge in [-0.25, -0.2) is 0 Å². The molecule has 1 aliphatic heterocycles. The maximum absolute atomic E-state index is 5.46. The third-order valence-corrected chi connectivity index (χ3v) is 3.58. The van der Waals surface area contributed by atoms with Crippen LogP contribution in [0.2, 0.25) is 0 Å². The Labute approximate surface area is 107 Å². The Bertz CT molecular complexity index is 152. The van der Waals surface area contributed by atoms with Crippen molar-refractivity contribution >= 4 is 0 Å². The molecule has 1 heterocycles. The SMILES string of the molecule is NCCCNCCCN1CCCCCCCC1. The fraction of sp³-hybridized carbons (Fsp3) is 1.00. The first-order valence-electron chi connectivity index (χ1n) is 7.56. The first-order valence-corrected chi connectivity index (χ1v) is 7.56. The number of rotatable bonds is 7. The van der Waals surface area contributed by atoms with Crippen molar-refractivity contribution in [2.75, 3.05) is 39.3 Å². The van der Waals surface area contributed by atoms with E-state index in [2.05, 4.69) is 10.2 Å². The highest BCUT2D eigenvalue weighted by Crippen LogP contribution is 2.11. The third-order valence-electron chi connectivity index (χ3n) is 3.58. The number of nitrogens with zero attached hydrogens (tertiary/aromatic N) is 1. The monoisotopic (exact) mass is 241 g/mol. The molecule has 17 heavy (non-hydrogen) atoms. The Balaban J connectivity index is 1.99. The van der Waals surface area contributed by atoms with Crippen molar-refractivity contribution in [3.8, 4) is 0 Å². The quantitative estimate of drug-likeness (QED) is 0.670. The Morgan fingerprint density at radius 3 is 2.06 bits per heavy atom. The lowest BCUT2D eigenvalue weighted by molar-refractivity contribution is 0.264. The van der Waals surface area contributed by atoms with Gasteiger partial charge < -0.3 is 16.0 Å². The average molecular weight is 241 g/mol. The maximum Gasteiger partial charge on any atom is -0.000664 e. The van der Waals surface area contributed by atoms with Gasteiger partial charge in [-0.3, -0.25) is 0 Å². The molecule has 0 radical (unpaired) electrons. The summed E-state index contributed by atoms with van der Waals surface area (Å²) in [6.07, 6.45) is 11.0. The Morgan fingerprint density at radius 2 is 1.41 bits per heavy atom. The van der Waals surface area contributed by atoms with Gasteiger partial charge in [-0.2, -0.15) is 0 Å². The average Bonchev–Trinajstić information content (AvgIpc) is 2.47. The topological polar surface area (TPSA) is 41.3 Å². The van der Waals surface area contributed by atoms with Gasteiger partial charge in [-0.15, -0.1) is 0 Å². The van der Waals surface area contributed by atoms with Gasteiger partial charge >= 0.3 is 0 Å². The van der Waals surface area contributed by atoms with Crippen molar-refractivity contribution in [2.24, 2.45) is 5.73 Å². The molecular formula is C14H31N3. The molecule has 0 aromatic rings. The van der Waals surface area contributed by atoms with E-state index in [1.54, 1.807) is 0 Å². The van der Waals surface area contributed by atoms with Crippen molar-refractivity contribution in [1.29, 1.82) is 0 Å². The number of nitrogens with two attached hydrogens (primary N) is 1. The summed E-state index contributed by atoms with van der Waals surface area (Å²) >= 11 is 0. The summed E-state index contributed by atoms with van der Waals surface area (Å²) in [6.45, 7) is 6.95. The summed E-state index contributed by atoms with van der Waals surface area (Å²) in [5.41, 5.74) is 5.46. The molecule has 102 valence electrons. The van der Waals surface area contributed by atoms with Crippen LogP contribution in [0.3, 0.4) is 0 Å². The van der Waals surface area contributed by atoms with E-state index in [4.69, 9.17) is 5.73 Å². The summed E-state index contributed by atoms with van der Waals surface area (Å²) in [5.74, 6) is 0. The molecule has 3 heteroatoms. The zero-order valence-electron chi connectivity index (χ0n) is 11.4. The minimum absolute atomic E-state index is 0.805. The molecule has 3 N–H and O–H groups in total. The van der Waals surface area contributed by atoms with Crippen molar-refractivity contribution in [2.45, 2.75) is 51.4 Å². The molecule has 0 atom stereocenters. The highest BCUT2D eigenvalue weighted by atomic mass is 15.1. The second-order valence-corrected chi connectivity index (χ2v) is 5.21. The predicted octanol–water partition coefficient (Wildman–Crippen LogP) is 1.97. The second-order valence-electron chi connectivity index (χ2n) is 5.21. The Hall–Kier alpha value is -0.120. The van der Waals surface area contributed by atoms with E-state index >= 15 is 0 Å². The summed E-state index contributed by atoms with van der Waals surface area (Å²) in [5, 5.41) is 3.46. The van der Waals surface area contributed by atoms with Crippen molar-refractivity contribution in [1.82, 2.24) is 10.2 Å². The number of hydrogen-bond donors (Lipinski definition) is 2. The van der Waals surface area contributed by atoms with E-state index < -0.39 is 0 Å². The zero-order chi connectivity index (χ0) is 12.2. The van der Waals surface area contributed by atoms with E-state index in [1.165, 1.54) is 64.6 Å². The van der Waals surface area contributed by atoms with Gasteiger partial charge in [0.05, 0.1) is 0 Å². The lowest BCUT2D eigenvalue weighted by atomic mass is 10.1. The van der Waals surface area contributed by atoms with Crippen LogP contribution in [-0.2, 0) is 0 Å². The third kappa shape index (κ3) is 8.58. The van der Waals surface area contributed by atoms with Crippen LogP contribution < -0.4 is 11.1 Å². The molecule has 0 aliphatic carbocycles. The summed E-state index contributed by atoms with van der Waals surface area (Å²) in [4.78, 5) is 2.66. The largest absolute Gasteiger partial charge is 0.330 e. The van der Waals surface area contributed by atoms with Gasteiger partial charge in [0.2, 0.25) is 0 Å². The van der Waals surface area contributed by atoms with E-state index in [1.807, 2.05) is 0 Å². The Morgan fingerprint density at radius 1 is 0.824 bits per heavy atom. The van der Waals surface area contributed by atoms with Gasteiger partial charge in [0.15, 0.2) is 0 Å². The molecule has 0 bridgehead atoms. The summed E-state index contributed by atoms with van der Waals surface area (Å²) in [7, 11) is 0. The summed E-state index contributed by atoms with van der Waals surface area (Å²) in [6, 6.07) is 0. The minimum atomic E-state index is 0.805. The fourth-order valence-corrected chi connectivity index (χ4v) is 2.49. The van der Waals surface area contributed by atoms with Crippen LogP contribution in [0, 0.1) is 0 Å². The second kappa shape index (κ2) is 11.0. The van der Waals surface area contributed by atoms with E-state index in [0.717, 1.165) is 26.1 Å². The highest BCUT2D eigenvalue weighted by molar-refractivity contribution is 4.62. The molecule has 0 amide bonds. The van der Waals surface area contributed by atoms with Gasteiger partial charge in [0.1, 0.15) is 0 Å². The molecule has 1 aliphatic rings. The first-order chi connectivity index (χ1) is 8.43. The van der Waals surface area contributed by atoms with Crippen LogP contribution in [-0.4, -0.2) is 44.2 Å². The van der Waals surface area contributed by atoms with Crippen LogP contribution in [0.25, 0.3) is 0 Å². The van der Waals surface area contributed by atoms with Gasteiger partial charge in [0, 0.05) is 0 Å². The predicted molar refractivity (Wildman–Crippen MR) is 75.3 cm³/mol. The maximum atomic E-state index is 5.46. The standard InChI is InChI=1S/C14H31N3/c15-9-7-10-16-11-8-14-17-12-5-3-1-2-4-6-13-17/h16H,1-15H2. The molecule has 1 fully saturated rings. The smallest absolute Gasteiger partial charge is 0.000664 e. The van der Waals surface area contributed by atoms with Crippen molar-refractivity contribution in [3.05, 3.63) is 0 Å². The lowest BCUT2D eigenvalue weighted by Gasteiger charge is -2.21. The molecule has 0 aromatic heterocycles. The molecule has 1 rings (SSSR count). The van der Waals surface area contributed by atoms with Gasteiger partial charge in [0.25, 0.3) is 0 Å².